The van der Waals surface area contributed by atoms with Crippen molar-refractivity contribution < 1.29 is 19.7 Å². The molecule has 0 aliphatic rings. The molecular weight excluding hydrogens is 570 g/mol. The van der Waals surface area contributed by atoms with Crippen molar-refractivity contribution in [3.8, 4) is 0 Å². The lowest BCUT2D eigenvalue weighted by atomic mass is 10.3. The van der Waals surface area contributed by atoms with E-state index in [0.29, 0.717) is 0 Å². The number of rotatable bonds is 10. The van der Waals surface area contributed by atoms with Crippen molar-refractivity contribution in [2.45, 2.75) is 18.7 Å². The highest BCUT2D eigenvalue weighted by Crippen LogP contribution is 2.67. The molecule has 14 heteroatoms. The molecule has 0 bridgehead atoms. The first-order chi connectivity index (χ1) is 19.5. The number of hydrogen-bond acceptors (Lipinski definition) is 8. The van der Waals surface area contributed by atoms with Gasteiger partial charge in [0.05, 0.1) is 40.9 Å². The van der Waals surface area contributed by atoms with Gasteiger partial charge in [-0.05, 0) is 40.1 Å². The minimum absolute atomic E-state index is 0.205. The Balaban J connectivity index is 2.17. The Labute approximate surface area is 235 Å². The third kappa shape index (κ3) is 5.66. The summed E-state index contributed by atoms with van der Waals surface area (Å²) in [5.74, 6) is 0. The zero-order valence-corrected chi connectivity index (χ0v) is 23.5. The molecule has 0 aliphatic heterocycles. The predicted molar refractivity (Wildman–Crippen MR) is 159 cm³/mol. The Morgan fingerprint density at radius 3 is 0.829 bits per heavy atom. The maximum absolute atomic E-state index is 12.2. The highest BCUT2D eigenvalue weighted by Gasteiger charge is 2.48. The van der Waals surface area contributed by atoms with Crippen LogP contribution in [-0.4, -0.2) is 24.6 Å². The van der Waals surface area contributed by atoms with Gasteiger partial charge in [-0.1, -0.05) is 62.4 Å². The molecule has 4 aromatic rings. The van der Waals surface area contributed by atoms with Gasteiger partial charge in [0.25, 0.3) is 22.7 Å². The van der Waals surface area contributed by atoms with Crippen molar-refractivity contribution in [3.63, 3.8) is 0 Å². The lowest BCUT2D eigenvalue weighted by molar-refractivity contribution is -0.384. The summed E-state index contributed by atoms with van der Waals surface area (Å²) in [4.78, 5) is 45.3. The van der Waals surface area contributed by atoms with Gasteiger partial charge < -0.3 is 0 Å². The molecule has 12 nitrogen and oxygen atoms in total. The lowest BCUT2D eigenvalue weighted by Gasteiger charge is -2.41. The molecule has 0 heterocycles. The summed E-state index contributed by atoms with van der Waals surface area (Å²) in [5, 5.41) is 49.7. The van der Waals surface area contributed by atoms with Crippen LogP contribution in [-0.2, 0) is 0 Å². The SMILES string of the molecule is CC(C)(P(c1ccccc1[N+](=O)[O-])c1ccccc1[N+](=O)[O-])P(c1ccccc1[N+](=O)[O-])c1ccccc1[N+](=O)[O-]. The molecule has 208 valence electrons. The minimum atomic E-state index is -2.05. The molecule has 0 saturated heterocycles. The number of nitro benzene ring substituents is 4. The fourth-order valence-electron chi connectivity index (χ4n) is 4.77. The van der Waals surface area contributed by atoms with Crippen LogP contribution < -0.4 is 21.2 Å². The molecule has 4 rings (SSSR count). The van der Waals surface area contributed by atoms with Gasteiger partial charge in [0.2, 0.25) is 0 Å². The molecule has 0 radical (unpaired) electrons. The molecule has 0 aliphatic carbocycles. The highest BCUT2D eigenvalue weighted by atomic mass is 31.2. The standard InChI is InChI=1S/C27H22N4O8P2/c1-27(2,40(23-15-7-3-11-19(23)28(32)33)24-16-8-4-12-20(24)29(34)35)41(25-17-9-5-13-21(25)30(36)37)26-18-10-6-14-22(26)31(38)39/h3-18H,1-2H3. The average Bonchev–Trinajstić information content (AvgIpc) is 2.93. The first-order valence-electron chi connectivity index (χ1n) is 12.0. The van der Waals surface area contributed by atoms with E-state index in [1.165, 1.54) is 72.8 Å². The Kier molecular flexibility index (Phi) is 8.47. The van der Waals surface area contributed by atoms with Gasteiger partial charge in [-0.3, -0.25) is 40.5 Å². The van der Waals surface area contributed by atoms with E-state index in [9.17, 15) is 40.5 Å². The van der Waals surface area contributed by atoms with Crippen molar-refractivity contribution in [2.24, 2.45) is 0 Å². The van der Waals surface area contributed by atoms with E-state index in [2.05, 4.69) is 0 Å². The van der Waals surface area contributed by atoms with E-state index in [-0.39, 0.29) is 44.0 Å². The molecule has 0 spiro atoms. The number of benzene rings is 4. The second-order valence-electron chi connectivity index (χ2n) is 9.15. The largest absolute Gasteiger partial charge is 0.277 e. The molecule has 41 heavy (non-hydrogen) atoms. The van der Waals surface area contributed by atoms with E-state index < -0.39 is 40.4 Å². The van der Waals surface area contributed by atoms with Crippen LogP contribution in [0.3, 0.4) is 0 Å². The van der Waals surface area contributed by atoms with Crippen LogP contribution in [0.2, 0.25) is 0 Å². The molecule has 0 unspecified atom stereocenters. The monoisotopic (exact) mass is 592 g/mol. The first-order valence-corrected chi connectivity index (χ1v) is 14.7. The fourth-order valence-corrected chi connectivity index (χ4v) is 12.2. The summed E-state index contributed by atoms with van der Waals surface area (Å²) in [6, 6.07) is 23.5. The zero-order valence-electron chi connectivity index (χ0n) is 21.7. The molecular formula is C27H22N4O8P2. The summed E-state index contributed by atoms with van der Waals surface area (Å²) >= 11 is 0. The second-order valence-corrected chi connectivity index (χ2v) is 15.0. The second kappa shape index (κ2) is 11.8. The van der Waals surface area contributed by atoms with Gasteiger partial charge in [0.15, 0.2) is 0 Å². The molecule has 0 saturated carbocycles. The van der Waals surface area contributed by atoms with E-state index in [1.807, 2.05) is 0 Å². The molecule has 0 amide bonds. The zero-order chi connectivity index (χ0) is 29.9. The van der Waals surface area contributed by atoms with Crippen LogP contribution in [0.4, 0.5) is 22.7 Å². The summed E-state index contributed by atoms with van der Waals surface area (Å²) < 4.78 is 0. The lowest BCUT2D eigenvalue weighted by Crippen LogP contribution is -2.36. The van der Waals surface area contributed by atoms with Crippen molar-refractivity contribution in [3.05, 3.63) is 138 Å². The van der Waals surface area contributed by atoms with E-state index >= 15 is 0 Å². The fraction of sp³-hybridized carbons (Fsp3) is 0.111. The smallest absolute Gasteiger partial charge is 0.258 e. The first kappa shape index (κ1) is 29.3. The van der Waals surface area contributed by atoms with Gasteiger partial charge >= 0.3 is 0 Å². The number of nitro groups is 4. The third-order valence-electron chi connectivity index (χ3n) is 6.37. The quantitative estimate of drug-likeness (QED) is 0.130. The van der Waals surface area contributed by atoms with Gasteiger partial charge in [-0.15, -0.1) is 0 Å². The Hall–Kier alpha value is -4.66. The summed E-state index contributed by atoms with van der Waals surface area (Å²) in [7, 11) is -4.10. The van der Waals surface area contributed by atoms with E-state index in [1.54, 1.807) is 38.1 Å². The predicted octanol–water partition coefficient (Wildman–Crippen LogP) is 5.62. The van der Waals surface area contributed by atoms with Gasteiger partial charge in [0.1, 0.15) is 0 Å². The third-order valence-corrected chi connectivity index (χ3v) is 13.2. The van der Waals surface area contributed by atoms with Crippen LogP contribution in [0.1, 0.15) is 13.8 Å². The van der Waals surface area contributed by atoms with Crippen LogP contribution in [0, 0.1) is 40.5 Å². The Bertz CT molecular complexity index is 1440. The average molecular weight is 592 g/mol. The summed E-state index contributed by atoms with van der Waals surface area (Å²) in [5.41, 5.74) is -1.09. The number of hydrogen-bond donors (Lipinski definition) is 0. The van der Waals surface area contributed by atoms with E-state index in [4.69, 9.17) is 0 Å². The molecule has 0 N–H and O–H groups in total. The van der Waals surface area contributed by atoms with Crippen molar-refractivity contribution in [1.29, 1.82) is 0 Å². The molecule has 0 atom stereocenters. The van der Waals surface area contributed by atoms with E-state index in [0.717, 1.165) is 0 Å². The maximum Gasteiger partial charge on any atom is 0.277 e. The van der Waals surface area contributed by atoms with Crippen LogP contribution in [0.5, 0.6) is 0 Å². The van der Waals surface area contributed by atoms with Gasteiger partial charge in [-0.2, -0.15) is 0 Å². The van der Waals surface area contributed by atoms with Crippen LogP contribution in [0.15, 0.2) is 97.1 Å². The molecule has 0 aromatic heterocycles. The molecule has 0 fully saturated rings. The van der Waals surface area contributed by atoms with Crippen molar-refractivity contribution in [1.82, 2.24) is 0 Å². The van der Waals surface area contributed by atoms with Gasteiger partial charge in [0, 0.05) is 29.2 Å². The summed E-state index contributed by atoms with van der Waals surface area (Å²) in [6.07, 6.45) is 0. The topological polar surface area (TPSA) is 173 Å². The minimum Gasteiger partial charge on any atom is -0.258 e. The normalized spacial score (nSPS) is 11.4. The highest BCUT2D eigenvalue weighted by molar-refractivity contribution is 7.91. The number of nitrogens with zero attached hydrogens (tertiary/aromatic N) is 4. The summed E-state index contributed by atoms with van der Waals surface area (Å²) in [6.45, 7) is 3.43. The van der Waals surface area contributed by atoms with Crippen LogP contribution in [0.25, 0.3) is 0 Å². The van der Waals surface area contributed by atoms with Gasteiger partial charge in [-0.25, -0.2) is 0 Å². The van der Waals surface area contributed by atoms with Crippen molar-refractivity contribution >= 4 is 59.8 Å². The van der Waals surface area contributed by atoms with Crippen LogP contribution >= 0.6 is 15.8 Å². The van der Waals surface area contributed by atoms with Crippen molar-refractivity contribution in [2.75, 3.05) is 0 Å². The number of para-hydroxylation sites is 4. The Morgan fingerprint density at radius 2 is 0.634 bits per heavy atom. The Morgan fingerprint density at radius 1 is 0.439 bits per heavy atom. The molecule has 4 aromatic carbocycles. The maximum atomic E-state index is 12.2.